The number of nitrogens with zero attached hydrogens (tertiary/aromatic N) is 1. The van der Waals surface area contributed by atoms with Crippen LogP contribution in [-0.4, -0.2) is 42.5 Å². The molecule has 3 atom stereocenters. The number of hydrogen-bond acceptors (Lipinski definition) is 3. The molecule has 0 saturated heterocycles. The molecule has 3 unspecified atom stereocenters. The summed E-state index contributed by atoms with van der Waals surface area (Å²) in [5.74, 6) is 0.810. The summed E-state index contributed by atoms with van der Waals surface area (Å²) in [6, 6.07) is 0.501. The molecule has 0 spiro atoms. The van der Waals surface area contributed by atoms with Crippen molar-refractivity contribution in [2.24, 2.45) is 11.7 Å². The second-order valence-corrected chi connectivity index (χ2v) is 5.30. The molecule has 0 aromatic rings. The van der Waals surface area contributed by atoms with Crippen LogP contribution < -0.4 is 11.1 Å². The van der Waals surface area contributed by atoms with Gasteiger partial charge in [-0.25, -0.2) is 0 Å². The van der Waals surface area contributed by atoms with Crippen LogP contribution in [0.25, 0.3) is 0 Å². The van der Waals surface area contributed by atoms with E-state index in [0.717, 1.165) is 6.42 Å². The second-order valence-electron chi connectivity index (χ2n) is 5.30. The van der Waals surface area contributed by atoms with Crippen molar-refractivity contribution < 1.29 is 4.79 Å². The third-order valence-electron chi connectivity index (χ3n) is 3.92. The molecule has 0 aromatic carbocycles. The number of nitrogens with two attached hydrogens (primary N) is 1. The molecule has 1 aliphatic rings. The first-order valence-corrected chi connectivity index (χ1v) is 6.73. The summed E-state index contributed by atoms with van der Waals surface area (Å²) in [6.45, 7) is 6.71. The van der Waals surface area contributed by atoms with Gasteiger partial charge < -0.3 is 11.1 Å². The minimum Gasteiger partial charge on any atom is -0.352 e. The van der Waals surface area contributed by atoms with E-state index >= 15 is 0 Å². The maximum atomic E-state index is 12.0. The molecule has 4 heteroatoms. The van der Waals surface area contributed by atoms with E-state index in [1.54, 1.807) is 0 Å². The third kappa shape index (κ3) is 3.96. The van der Waals surface area contributed by atoms with E-state index in [-0.39, 0.29) is 18.0 Å². The minimum absolute atomic E-state index is 0.0989. The van der Waals surface area contributed by atoms with Crippen molar-refractivity contribution in [3.8, 4) is 0 Å². The van der Waals surface area contributed by atoms with Gasteiger partial charge in [0, 0.05) is 18.6 Å². The number of hydrogen-bond donors (Lipinski definition) is 2. The Labute approximate surface area is 105 Å². The van der Waals surface area contributed by atoms with E-state index < -0.39 is 0 Å². The van der Waals surface area contributed by atoms with Crippen LogP contribution in [0.15, 0.2) is 0 Å². The molecule has 1 fully saturated rings. The van der Waals surface area contributed by atoms with Crippen LogP contribution in [0.3, 0.4) is 0 Å². The van der Waals surface area contributed by atoms with Crippen molar-refractivity contribution in [2.75, 3.05) is 13.6 Å². The highest BCUT2D eigenvalue weighted by Crippen LogP contribution is 2.35. The van der Waals surface area contributed by atoms with Gasteiger partial charge in [0.15, 0.2) is 0 Å². The predicted molar refractivity (Wildman–Crippen MR) is 70.7 cm³/mol. The van der Waals surface area contributed by atoms with Gasteiger partial charge >= 0.3 is 0 Å². The number of nitrogens with one attached hydrogen (secondary N) is 1. The maximum Gasteiger partial charge on any atom is 0.237 e. The first-order valence-electron chi connectivity index (χ1n) is 6.73. The zero-order chi connectivity index (χ0) is 13.0. The van der Waals surface area contributed by atoms with Crippen molar-refractivity contribution in [1.82, 2.24) is 10.2 Å². The summed E-state index contributed by atoms with van der Waals surface area (Å²) >= 11 is 0. The van der Waals surface area contributed by atoms with Crippen LogP contribution in [0.2, 0.25) is 0 Å². The van der Waals surface area contributed by atoms with E-state index in [0.29, 0.717) is 18.5 Å². The SMILES string of the molecule is CCC(C)NC(=O)C(C)N(C)C(CN)C1CC1. The average Bonchev–Trinajstić information content (AvgIpc) is 3.12. The Bertz CT molecular complexity index is 253. The molecule has 17 heavy (non-hydrogen) atoms. The fourth-order valence-electron chi connectivity index (χ4n) is 2.11. The molecule has 1 saturated carbocycles. The van der Waals surface area contributed by atoms with Crippen molar-refractivity contribution in [2.45, 2.75) is 58.2 Å². The fraction of sp³-hybridized carbons (Fsp3) is 0.923. The number of rotatable bonds is 7. The largest absolute Gasteiger partial charge is 0.352 e. The van der Waals surface area contributed by atoms with Crippen molar-refractivity contribution in [3.63, 3.8) is 0 Å². The molecule has 1 amide bonds. The Morgan fingerprint density at radius 1 is 1.47 bits per heavy atom. The molecule has 100 valence electrons. The number of carbonyl (C=O) groups is 1. The molecule has 1 aliphatic carbocycles. The molecular formula is C13H27N3O. The summed E-state index contributed by atoms with van der Waals surface area (Å²) < 4.78 is 0. The Hall–Kier alpha value is -0.610. The van der Waals surface area contributed by atoms with E-state index in [1.165, 1.54) is 12.8 Å². The Balaban J connectivity index is 2.49. The van der Waals surface area contributed by atoms with Gasteiger partial charge in [-0.15, -0.1) is 0 Å². The Morgan fingerprint density at radius 2 is 2.06 bits per heavy atom. The van der Waals surface area contributed by atoms with Crippen LogP contribution >= 0.6 is 0 Å². The standard InChI is InChI=1S/C13H27N3O/c1-5-9(2)15-13(17)10(3)16(4)12(8-14)11-6-7-11/h9-12H,5-8,14H2,1-4H3,(H,15,17). The summed E-state index contributed by atoms with van der Waals surface area (Å²) in [5.41, 5.74) is 5.81. The van der Waals surface area contributed by atoms with E-state index in [4.69, 9.17) is 5.73 Å². The number of amides is 1. The van der Waals surface area contributed by atoms with Crippen LogP contribution in [-0.2, 0) is 4.79 Å². The zero-order valence-electron chi connectivity index (χ0n) is 11.6. The predicted octanol–water partition coefficient (Wildman–Crippen LogP) is 0.959. The van der Waals surface area contributed by atoms with Gasteiger partial charge in [0.2, 0.25) is 5.91 Å². The highest BCUT2D eigenvalue weighted by Gasteiger charge is 2.36. The summed E-state index contributed by atoms with van der Waals surface area (Å²) in [5, 5.41) is 3.03. The summed E-state index contributed by atoms with van der Waals surface area (Å²) in [6.07, 6.45) is 3.48. The van der Waals surface area contributed by atoms with Crippen molar-refractivity contribution in [1.29, 1.82) is 0 Å². The smallest absolute Gasteiger partial charge is 0.237 e. The first-order chi connectivity index (χ1) is 8.01. The average molecular weight is 241 g/mol. The molecule has 4 nitrogen and oxygen atoms in total. The first kappa shape index (κ1) is 14.5. The lowest BCUT2D eigenvalue weighted by atomic mass is 10.1. The van der Waals surface area contributed by atoms with Gasteiger partial charge in [-0.1, -0.05) is 6.92 Å². The molecule has 0 aliphatic heterocycles. The van der Waals surface area contributed by atoms with Gasteiger partial charge in [-0.2, -0.15) is 0 Å². The monoisotopic (exact) mass is 241 g/mol. The summed E-state index contributed by atoms with van der Waals surface area (Å²) in [7, 11) is 2.01. The normalized spacial score (nSPS) is 21.1. The molecule has 0 radical (unpaired) electrons. The highest BCUT2D eigenvalue weighted by atomic mass is 16.2. The Kier molecular flexibility index (Phi) is 5.40. The van der Waals surface area contributed by atoms with E-state index in [2.05, 4.69) is 17.1 Å². The molecule has 3 N–H and O–H groups in total. The van der Waals surface area contributed by atoms with E-state index in [1.807, 2.05) is 20.9 Å². The second kappa shape index (κ2) is 6.36. The highest BCUT2D eigenvalue weighted by molar-refractivity contribution is 5.81. The fourth-order valence-corrected chi connectivity index (χ4v) is 2.11. The lowest BCUT2D eigenvalue weighted by Crippen LogP contribution is -2.52. The van der Waals surface area contributed by atoms with Gasteiger partial charge in [0.1, 0.15) is 0 Å². The van der Waals surface area contributed by atoms with E-state index in [9.17, 15) is 4.79 Å². The van der Waals surface area contributed by atoms with Gasteiger partial charge in [0.25, 0.3) is 0 Å². The Morgan fingerprint density at radius 3 is 2.47 bits per heavy atom. The minimum atomic E-state index is -0.0989. The molecule has 0 bridgehead atoms. The zero-order valence-corrected chi connectivity index (χ0v) is 11.6. The van der Waals surface area contributed by atoms with Crippen LogP contribution in [0.4, 0.5) is 0 Å². The maximum absolute atomic E-state index is 12.0. The molecular weight excluding hydrogens is 214 g/mol. The van der Waals surface area contributed by atoms with Crippen LogP contribution in [0.5, 0.6) is 0 Å². The lowest BCUT2D eigenvalue weighted by molar-refractivity contribution is -0.126. The molecule has 0 heterocycles. The van der Waals surface area contributed by atoms with Gasteiger partial charge in [0.05, 0.1) is 6.04 Å². The number of likely N-dealkylation sites (N-methyl/N-ethyl adjacent to an activating group) is 1. The van der Waals surface area contributed by atoms with Crippen molar-refractivity contribution in [3.05, 3.63) is 0 Å². The summed E-state index contributed by atoms with van der Waals surface area (Å²) in [4.78, 5) is 14.2. The topological polar surface area (TPSA) is 58.4 Å². The quantitative estimate of drug-likeness (QED) is 0.698. The molecule has 0 aromatic heterocycles. The lowest BCUT2D eigenvalue weighted by Gasteiger charge is -2.32. The molecule has 1 rings (SSSR count). The van der Waals surface area contributed by atoms with Gasteiger partial charge in [-0.3, -0.25) is 9.69 Å². The van der Waals surface area contributed by atoms with Gasteiger partial charge in [-0.05, 0) is 46.1 Å². The third-order valence-corrected chi connectivity index (χ3v) is 3.92. The van der Waals surface area contributed by atoms with Crippen molar-refractivity contribution >= 4 is 5.91 Å². The van der Waals surface area contributed by atoms with Crippen LogP contribution in [0.1, 0.15) is 40.0 Å². The number of carbonyl (C=O) groups excluding carboxylic acids is 1. The van der Waals surface area contributed by atoms with Crippen LogP contribution in [0, 0.1) is 5.92 Å².